The summed E-state index contributed by atoms with van der Waals surface area (Å²) in [6.07, 6.45) is 0.628. The van der Waals surface area contributed by atoms with Crippen LogP contribution in [0.5, 0.6) is 0 Å². The van der Waals surface area contributed by atoms with Crippen molar-refractivity contribution in [2.75, 3.05) is 16.6 Å². The maximum atomic E-state index is 12.4. The molecule has 132 valence electrons. The van der Waals surface area contributed by atoms with Crippen LogP contribution in [0.3, 0.4) is 0 Å². The first-order chi connectivity index (χ1) is 11.9. The monoisotopic (exact) mass is 378 g/mol. The van der Waals surface area contributed by atoms with Crippen LogP contribution in [0.25, 0.3) is 0 Å². The molecule has 1 amide bonds. The number of nitrogens with one attached hydrogen (secondary N) is 1. The zero-order valence-electron chi connectivity index (χ0n) is 13.8. The second-order valence-electron chi connectivity index (χ2n) is 6.04. The molecule has 2 aromatic rings. The Morgan fingerprint density at radius 1 is 1.12 bits per heavy atom. The Morgan fingerprint density at radius 2 is 1.76 bits per heavy atom. The third-order valence-corrected chi connectivity index (χ3v) is 6.36. The van der Waals surface area contributed by atoms with Crippen molar-refractivity contribution in [1.29, 1.82) is 0 Å². The molecule has 0 saturated carbocycles. The van der Waals surface area contributed by atoms with Gasteiger partial charge in [0.25, 0.3) is 5.91 Å². The number of carbonyl (C=O) groups excluding carboxylic acids is 1. The first-order valence-electron chi connectivity index (χ1n) is 8.03. The van der Waals surface area contributed by atoms with E-state index in [1.807, 2.05) is 19.1 Å². The van der Waals surface area contributed by atoms with Crippen molar-refractivity contribution in [3.05, 3.63) is 64.7 Å². The van der Waals surface area contributed by atoms with Gasteiger partial charge in [0.05, 0.1) is 17.5 Å². The molecule has 0 bridgehead atoms. The number of amides is 1. The van der Waals surface area contributed by atoms with Gasteiger partial charge < -0.3 is 5.32 Å². The number of anilines is 1. The van der Waals surface area contributed by atoms with E-state index in [1.54, 1.807) is 36.4 Å². The molecule has 0 radical (unpaired) electrons. The second-order valence-corrected chi connectivity index (χ2v) is 8.48. The Bertz CT molecular complexity index is 864. The van der Waals surface area contributed by atoms with E-state index < -0.39 is 10.0 Å². The molecule has 1 unspecified atom stereocenters. The van der Waals surface area contributed by atoms with E-state index >= 15 is 0 Å². The lowest BCUT2D eigenvalue weighted by Crippen LogP contribution is -2.27. The minimum absolute atomic E-state index is 0.164. The molecule has 1 aliphatic heterocycles. The zero-order valence-corrected chi connectivity index (χ0v) is 15.3. The number of halogens is 1. The van der Waals surface area contributed by atoms with E-state index in [1.165, 1.54) is 4.31 Å². The molecular formula is C18H19ClN2O3S. The molecule has 2 aromatic carbocycles. The molecule has 3 rings (SSSR count). The third-order valence-electron chi connectivity index (χ3n) is 4.23. The number of hydrogen-bond acceptors (Lipinski definition) is 3. The molecule has 0 aliphatic carbocycles. The lowest BCUT2D eigenvalue weighted by Gasteiger charge is -2.18. The fourth-order valence-electron chi connectivity index (χ4n) is 2.82. The van der Waals surface area contributed by atoms with E-state index in [9.17, 15) is 13.2 Å². The van der Waals surface area contributed by atoms with Crippen LogP contribution in [0.15, 0.2) is 48.5 Å². The van der Waals surface area contributed by atoms with Gasteiger partial charge in [-0.25, -0.2) is 8.42 Å². The van der Waals surface area contributed by atoms with Crippen LogP contribution >= 0.6 is 11.6 Å². The van der Waals surface area contributed by atoms with Gasteiger partial charge in [-0.2, -0.15) is 0 Å². The van der Waals surface area contributed by atoms with Crippen molar-refractivity contribution >= 4 is 33.2 Å². The van der Waals surface area contributed by atoms with Crippen LogP contribution < -0.4 is 9.62 Å². The van der Waals surface area contributed by atoms with Crippen LogP contribution in [0.4, 0.5) is 5.69 Å². The number of nitrogens with zero attached hydrogens (tertiary/aromatic N) is 1. The fraction of sp³-hybridized carbons (Fsp3) is 0.278. The third kappa shape index (κ3) is 3.96. The Morgan fingerprint density at radius 3 is 2.32 bits per heavy atom. The summed E-state index contributed by atoms with van der Waals surface area (Å²) in [6, 6.07) is 13.8. The van der Waals surface area contributed by atoms with Gasteiger partial charge in [0.1, 0.15) is 0 Å². The van der Waals surface area contributed by atoms with Crippen molar-refractivity contribution in [1.82, 2.24) is 5.32 Å². The average Bonchev–Trinajstić information content (AvgIpc) is 2.94. The highest BCUT2D eigenvalue weighted by atomic mass is 35.5. The SMILES string of the molecule is CC(NC(=O)c1ccc(N2CCCS2(=O)=O)cc1)c1ccc(Cl)cc1. The molecule has 1 heterocycles. The van der Waals surface area contributed by atoms with Gasteiger partial charge in [0.2, 0.25) is 10.0 Å². The molecule has 0 aromatic heterocycles. The summed E-state index contributed by atoms with van der Waals surface area (Å²) in [7, 11) is -3.21. The quantitative estimate of drug-likeness (QED) is 0.886. The van der Waals surface area contributed by atoms with Crippen LogP contribution in [0.2, 0.25) is 5.02 Å². The summed E-state index contributed by atoms with van der Waals surface area (Å²) in [6.45, 7) is 2.38. The fourth-order valence-corrected chi connectivity index (χ4v) is 4.51. The lowest BCUT2D eigenvalue weighted by molar-refractivity contribution is 0.0940. The smallest absolute Gasteiger partial charge is 0.251 e. The highest BCUT2D eigenvalue weighted by Crippen LogP contribution is 2.24. The molecule has 5 nitrogen and oxygen atoms in total. The Balaban J connectivity index is 1.69. The highest BCUT2D eigenvalue weighted by Gasteiger charge is 2.28. The summed E-state index contributed by atoms with van der Waals surface area (Å²) in [5, 5.41) is 3.57. The minimum atomic E-state index is -3.21. The largest absolute Gasteiger partial charge is 0.346 e. The molecule has 1 N–H and O–H groups in total. The standard InChI is InChI=1S/C18H19ClN2O3S/c1-13(14-3-7-16(19)8-4-14)20-18(22)15-5-9-17(10-6-15)21-11-2-12-25(21,23)24/h3-10,13H,2,11-12H2,1H3,(H,20,22). The molecule has 1 saturated heterocycles. The Hall–Kier alpha value is -2.05. The van der Waals surface area contributed by atoms with Crippen LogP contribution in [0.1, 0.15) is 35.3 Å². The number of sulfonamides is 1. The van der Waals surface area contributed by atoms with Crippen molar-refractivity contribution in [3.8, 4) is 0 Å². The van der Waals surface area contributed by atoms with E-state index in [0.717, 1.165) is 5.56 Å². The Kier molecular flexibility index (Phi) is 5.01. The average molecular weight is 379 g/mol. The molecule has 0 spiro atoms. The number of benzene rings is 2. The minimum Gasteiger partial charge on any atom is -0.346 e. The van der Waals surface area contributed by atoms with E-state index in [4.69, 9.17) is 11.6 Å². The first-order valence-corrected chi connectivity index (χ1v) is 10.0. The summed E-state index contributed by atoms with van der Waals surface area (Å²) in [4.78, 5) is 12.4. The van der Waals surface area contributed by atoms with E-state index in [2.05, 4.69) is 5.32 Å². The Labute approximate surface area is 152 Å². The van der Waals surface area contributed by atoms with Crippen LogP contribution in [0, 0.1) is 0 Å². The van der Waals surface area contributed by atoms with Crippen molar-refractivity contribution in [2.45, 2.75) is 19.4 Å². The maximum absolute atomic E-state index is 12.4. The van der Waals surface area contributed by atoms with Gasteiger partial charge in [0, 0.05) is 17.1 Å². The van der Waals surface area contributed by atoms with Crippen LogP contribution in [-0.4, -0.2) is 26.6 Å². The molecule has 7 heteroatoms. The highest BCUT2D eigenvalue weighted by molar-refractivity contribution is 7.93. The van der Waals surface area contributed by atoms with Gasteiger partial charge in [0.15, 0.2) is 0 Å². The van der Waals surface area contributed by atoms with Gasteiger partial charge in [-0.15, -0.1) is 0 Å². The molecule has 1 aliphatic rings. The van der Waals surface area contributed by atoms with Gasteiger partial charge in [-0.05, 0) is 55.3 Å². The molecular weight excluding hydrogens is 360 g/mol. The predicted molar refractivity (Wildman–Crippen MR) is 99.5 cm³/mol. The van der Waals surface area contributed by atoms with Crippen LogP contribution in [-0.2, 0) is 10.0 Å². The topological polar surface area (TPSA) is 66.5 Å². The molecule has 1 atom stereocenters. The number of rotatable bonds is 4. The molecule has 25 heavy (non-hydrogen) atoms. The maximum Gasteiger partial charge on any atom is 0.251 e. The van der Waals surface area contributed by atoms with Crippen molar-refractivity contribution < 1.29 is 13.2 Å². The second kappa shape index (κ2) is 7.06. The van der Waals surface area contributed by atoms with Gasteiger partial charge in [-0.1, -0.05) is 23.7 Å². The van der Waals surface area contributed by atoms with E-state index in [-0.39, 0.29) is 17.7 Å². The predicted octanol–water partition coefficient (Wildman–Crippen LogP) is 3.37. The zero-order chi connectivity index (χ0) is 18.0. The number of hydrogen-bond donors (Lipinski definition) is 1. The summed E-state index contributed by atoms with van der Waals surface area (Å²) < 4.78 is 25.3. The van der Waals surface area contributed by atoms with Crippen molar-refractivity contribution in [2.24, 2.45) is 0 Å². The molecule has 1 fully saturated rings. The summed E-state index contributed by atoms with van der Waals surface area (Å²) >= 11 is 5.87. The normalized spacial score (nSPS) is 17.3. The first kappa shape index (κ1) is 17.8. The summed E-state index contributed by atoms with van der Waals surface area (Å²) in [5.74, 6) is -0.0355. The van der Waals surface area contributed by atoms with Gasteiger partial charge >= 0.3 is 0 Å². The van der Waals surface area contributed by atoms with E-state index in [0.29, 0.717) is 29.2 Å². The van der Waals surface area contributed by atoms with Gasteiger partial charge in [-0.3, -0.25) is 9.10 Å². The number of carbonyl (C=O) groups is 1. The lowest BCUT2D eigenvalue weighted by atomic mass is 10.1. The van der Waals surface area contributed by atoms with Crippen molar-refractivity contribution in [3.63, 3.8) is 0 Å². The summed E-state index contributed by atoms with van der Waals surface area (Å²) in [5.41, 5.74) is 2.04.